The second kappa shape index (κ2) is 6.35. The van der Waals surface area contributed by atoms with Crippen LogP contribution in [0.2, 0.25) is 5.15 Å². The number of nitro benzene ring substituents is 1. The van der Waals surface area contributed by atoms with E-state index >= 15 is 0 Å². The van der Waals surface area contributed by atoms with Gasteiger partial charge in [-0.1, -0.05) is 30.7 Å². The number of primary amides is 1. The monoisotopic (exact) mass is 322 g/mol. The molecule has 0 aliphatic carbocycles. The molecule has 0 aliphatic rings. The van der Waals surface area contributed by atoms with Gasteiger partial charge in [0.1, 0.15) is 5.69 Å². The number of nitrogens with zero attached hydrogens (tertiary/aromatic N) is 3. The fourth-order valence-corrected chi connectivity index (χ4v) is 1.91. The normalized spacial score (nSPS) is 10.3. The summed E-state index contributed by atoms with van der Waals surface area (Å²) < 4.78 is 5.46. The molecule has 22 heavy (non-hydrogen) atoms. The first-order valence-corrected chi connectivity index (χ1v) is 6.59. The predicted molar refractivity (Wildman–Crippen MR) is 78.1 cm³/mol. The van der Waals surface area contributed by atoms with Gasteiger partial charge in [0, 0.05) is 6.07 Å². The Morgan fingerprint density at radius 3 is 2.68 bits per heavy atom. The van der Waals surface area contributed by atoms with Gasteiger partial charge in [-0.25, -0.2) is 4.98 Å². The first-order chi connectivity index (χ1) is 10.4. The van der Waals surface area contributed by atoms with Crippen LogP contribution in [0.15, 0.2) is 24.3 Å². The Labute approximate surface area is 130 Å². The molecule has 1 heterocycles. The number of nitrogens with two attached hydrogens (primary N) is 1. The van der Waals surface area contributed by atoms with Crippen LogP contribution in [0.4, 0.5) is 5.69 Å². The molecule has 114 valence electrons. The molecular weight excluding hydrogens is 312 g/mol. The second-order valence-electron chi connectivity index (χ2n) is 4.16. The van der Waals surface area contributed by atoms with E-state index in [2.05, 4.69) is 9.97 Å². The van der Waals surface area contributed by atoms with E-state index < -0.39 is 10.8 Å². The fourth-order valence-electron chi connectivity index (χ4n) is 1.70. The van der Waals surface area contributed by atoms with Crippen LogP contribution in [-0.4, -0.2) is 20.8 Å². The highest BCUT2D eigenvalue weighted by molar-refractivity contribution is 6.32. The zero-order valence-electron chi connectivity index (χ0n) is 11.4. The number of hydrogen-bond acceptors (Lipinski definition) is 6. The van der Waals surface area contributed by atoms with E-state index in [1.54, 1.807) is 13.0 Å². The molecule has 0 aliphatic heterocycles. The quantitative estimate of drug-likeness (QED) is 0.666. The Morgan fingerprint density at radius 2 is 2.09 bits per heavy atom. The summed E-state index contributed by atoms with van der Waals surface area (Å²) in [6.45, 7) is 1.76. The third-order valence-corrected chi connectivity index (χ3v) is 2.99. The molecule has 2 aromatic rings. The van der Waals surface area contributed by atoms with Crippen molar-refractivity contribution < 1.29 is 14.5 Å². The number of ether oxygens (including phenoxy) is 1. The van der Waals surface area contributed by atoms with E-state index in [4.69, 9.17) is 22.1 Å². The molecule has 2 rings (SSSR count). The van der Waals surface area contributed by atoms with Crippen molar-refractivity contribution in [2.24, 2.45) is 5.73 Å². The number of amides is 1. The van der Waals surface area contributed by atoms with Crippen molar-refractivity contribution in [2.75, 3.05) is 0 Å². The second-order valence-corrected chi connectivity index (χ2v) is 4.52. The van der Waals surface area contributed by atoms with Crippen LogP contribution in [-0.2, 0) is 6.42 Å². The van der Waals surface area contributed by atoms with Gasteiger partial charge in [-0.3, -0.25) is 14.9 Å². The number of carbonyl (C=O) groups excluding carboxylic acids is 1. The van der Waals surface area contributed by atoms with Crippen molar-refractivity contribution in [3.63, 3.8) is 0 Å². The van der Waals surface area contributed by atoms with E-state index in [1.165, 1.54) is 18.2 Å². The molecule has 0 saturated carbocycles. The van der Waals surface area contributed by atoms with Crippen LogP contribution >= 0.6 is 11.6 Å². The highest BCUT2D eigenvalue weighted by Crippen LogP contribution is 2.32. The summed E-state index contributed by atoms with van der Waals surface area (Å²) in [5.74, 6) is -0.823. The van der Waals surface area contributed by atoms with Crippen LogP contribution in [0.1, 0.15) is 23.1 Å². The van der Waals surface area contributed by atoms with Gasteiger partial charge >= 0.3 is 5.69 Å². The third kappa shape index (κ3) is 3.12. The number of aromatic nitrogens is 2. The molecule has 1 aromatic carbocycles. The lowest BCUT2D eigenvalue weighted by atomic mass is 10.3. The average molecular weight is 323 g/mol. The van der Waals surface area contributed by atoms with Crippen LogP contribution < -0.4 is 10.5 Å². The number of nitro groups is 1. The zero-order chi connectivity index (χ0) is 16.3. The van der Waals surface area contributed by atoms with Gasteiger partial charge in [0.05, 0.1) is 4.92 Å². The molecule has 2 N–H and O–H groups in total. The van der Waals surface area contributed by atoms with E-state index in [9.17, 15) is 14.9 Å². The van der Waals surface area contributed by atoms with Crippen LogP contribution in [0.5, 0.6) is 11.6 Å². The summed E-state index contributed by atoms with van der Waals surface area (Å²) in [5.41, 5.74) is 5.07. The summed E-state index contributed by atoms with van der Waals surface area (Å²) in [5, 5.41) is 10.8. The Kier molecular flexibility index (Phi) is 4.52. The molecular formula is C13H11ClN4O4. The van der Waals surface area contributed by atoms with Crippen molar-refractivity contribution in [1.82, 2.24) is 9.97 Å². The Bertz CT molecular complexity index is 751. The summed E-state index contributed by atoms with van der Waals surface area (Å²) in [6, 6.07) is 5.82. The van der Waals surface area contributed by atoms with E-state index in [-0.39, 0.29) is 28.2 Å². The molecule has 0 unspecified atom stereocenters. The number of rotatable bonds is 5. The van der Waals surface area contributed by atoms with Gasteiger partial charge in [-0.2, -0.15) is 4.98 Å². The van der Waals surface area contributed by atoms with Gasteiger partial charge in [-0.05, 0) is 12.5 Å². The van der Waals surface area contributed by atoms with E-state index in [0.717, 1.165) is 0 Å². The van der Waals surface area contributed by atoms with Crippen molar-refractivity contribution >= 4 is 23.2 Å². The fraction of sp³-hybridized carbons (Fsp3) is 0.154. The topological polar surface area (TPSA) is 121 Å². The van der Waals surface area contributed by atoms with Crippen LogP contribution in [0, 0.1) is 10.1 Å². The molecule has 1 amide bonds. The summed E-state index contributed by atoms with van der Waals surface area (Å²) in [6.07, 6.45) is 0.375. The maximum atomic E-state index is 11.2. The summed E-state index contributed by atoms with van der Waals surface area (Å²) in [7, 11) is 0. The van der Waals surface area contributed by atoms with Crippen molar-refractivity contribution in [3.8, 4) is 11.6 Å². The molecule has 0 radical (unpaired) electrons. The zero-order valence-corrected chi connectivity index (χ0v) is 12.2. The minimum Gasteiger partial charge on any atom is -0.430 e. The van der Waals surface area contributed by atoms with Crippen molar-refractivity contribution in [3.05, 3.63) is 50.9 Å². The Hall–Kier alpha value is -2.74. The summed E-state index contributed by atoms with van der Waals surface area (Å²) in [4.78, 5) is 29.5. The molecule has 0 fully saturated rings. The number of aryl methyl sites for hydroxylation is 1. The molecule has 9 heteroatoms. The van der Waals surface area contributed by atoms with Gasteiger partial charge in [-0.15, -0.1) is 0 Å². The third-order valence-electron chi connectivity index (χ3n) is 2.73. The van der Waals surface area contributed by atoms with Gasteiger partial charge in [0.15, 0.2) is 10.8 Å². The molecule has 8 nitrogen and oxygen atoms in total. The minimum atomic E-state index is -0.815. The molecule has 0 atom stereocenters. The van der Waals surface area contributed by atoms with Crippen molar-refractivity contribution in [1.29, 1.82) is 0 Å². The lowest BCUT2D eigenvalue weighted by molar-refractivity contribution is -0.385. The Morgan fingerprint density at radius 1 is 1.41 bits per heavy atom. The number of carbonyl (C=O) groups is 1. The predicted octanol–water partition coefficient (Wildman–Crippen LogP) is 2.49. The molecule has 1 aromatic heterocycles. The van der Waals surface area contributed by atoms with Crippen LogP contribution in [0.25, 0.3) is 0 Å². The lowest BCUT2D eigenvalue weighted by Gasteiger charge is -2.10. The number of halogens is 1. The van der Waals surface area contributed by atoms with Gasteiger partial charge in [0.25, 0.3) is 5.91 Å². The summed E-state index contributed by atoms with van der Waals surface area (Å²) >= 11 is 5.83. The SMILES string of the molecule is CCc1nc(C(N)=O)c(Cl)nc1Oc1ccccc1[N+](=O)[O-]. The van der Waals surface area contributed by atoms with E-state index in [1.807, 2.05) is 0 Å². The maximum Gasteiger partial charge on any atom is 0.311 e. The largest absolute Gasteiger partial charge is 0.430 e. The Balaban J connectivity index is 2.48. The number of hydrogen-bond donors (Lipinski definition) is 1. The first-order valence-electron chi connectivity index (χ1n) is 6.21. The van der Waals surface area contributed by atoms with E-state index in [0.29, 0.717) is 12.1 Å². The van der Waals surface area contributed by atoms with Gasteiger partial charge in [0.2, 0.25) is 11.6 Å². The molecule has 0 bridgehead atoms. The smallest absolute Gasteiger partial charge is 0.311 e. The maximum absolute atomic E-state index is 11.2. The van der Waals surface area contributed by atoms with Crippen LogP contribution in [0.3, 0.4) is 0 Å². The van der Waals surface area contributed by atoms with Gasteiger partial charge < -0.3 is 10.5 Å². The number of benzene rings is 1. The highest BCUT2D eigenvalue weighted by Gasteiger charge is 2.20. The highest BCUT2D eigenvalue weighted by atomic mass is 35.5. The first kappa shape index (κ1) is 15.6. The minimum absolute atomic E-state index is 0.000563. The van der Waals surface area contributed by atoms with Crippen molar-refractivity contribution in [2.45, 2.75) is 13.3 Å². The lowest BCUT2D eigenvalue weighted by Crippen LogP contribution is -2.16. The average Bonchev–Trinajstić information content (AvgIpc) is 2.47. The molecule has 0 saturated heterocycles. The standard InChI is InChI=1S/C13H11ClN4O4/c1-2-7-13(17-11(14)10(16-7)12(15)19)22-9-6-4-3-5-8(9)18(20)21/h3-6H,2H2,1H3,(H2,15,19). The number of para-hydroxylation sites is 2. The molecule has 0 spiro atoms.